The van der Waals surface area contributed by atoms with Gasteiger partial charge in [-0.15, -0.1) is 0 Å². The van der Waals surface area contributed by atoms with Gasteiger partial charge in [0, 0.05) is 6.54 Å². The van der Waals surface area contributed by atoms with Crippen molar-refractivity contribution >= 4 is 0 Å². The molecular formula is C10H11F2NO. The van der Waals surface area contributed by atoms with Gasteiger partial charge < -0.3 is 10.1 Å². The molecule has 1 aromatic rings. The van der Waals surface area contributed by atoms with Crippen LogP contribution >= 0.6 is 0 Å². The lowest BCUT2D eigenvalue weighted by Gasteiger charge is -2.24. The largest absolute Gasteiger partial charge is 0.378 e. The van der Waals surface area contributed by atoms with E-state index in [2.05, 4.69) is 5.32 Å². The van der Waals surface area contributed by atoms with Crippen LogP contribution in [0.2, 0.25) is 0 Å². The molecule has 76 valence electrons. The lowest BCUT2D eigenvalue weighted by Crippen LogP contribution is -2.34. The molecule has 0 amide bonds. The highest BCUT2D eigenvalue weighted by molar-refractivity contribution is 5.21. The van der Waals surface area contributed by atoms with Gasteiger partial charge in [-0.05, 0) is 17.7 Å². The lowest BCUT2D eigenvalue weighted by molar-refractivity contribution is 0.0767. The summed E-state index contributed by atoms with van der Waals surface area (Å²) in [5, 5.41) is 3.17. The average molecular weight is 199 g/mol. The van der Waals surface area contributed by atoms with Crippen LogP contribution in [-0.4, -0.2) is 19.8 Å². The number of benzene rings is 1. The Balaban J connectivity index is 2.18. The fourth-order valence-corrected chi connectivity index (χ4v) is 1.51. The van der Waals surface area contributed by atoms with Crippen LogP contribution < -0.4 is 5.32 Å². The zero-order valence-electron chi connectivity index (χ0n) is 7.59. The van der Waals surface area contributed by atoms with E-state index in [1.807, 2.05) is 0 Å². The molecule has 0 spiro atoms. The molecular weight excluding hydrogens is 188 g/mol. The number of halogens is 2. The Morgan fingerprint density at radius 3 is 2.79 bits per heavy atom. The summed E-state index contributed by atoms with van der Waals surface area (Å²) in [6, 6.07) is 3.90. The van der Waals surface area contributed by atoms with Gasteiger partial charge in [0.2, 0.25) is 0 Å². The summed E-state index contributed by atoms with van der Waals surface area (Å²) in [4.78, 5) is 0. The van der Waals surface area contributed by atoms with Crippen molar-refractivity contribution in [3.63, 3.8) is 0 Å². The first kappa shape index (κ1) is 9.55. The van der Waals surface area contributed by atoms with Crippen molar-refractivity contribution in [1.82, 2.24) is 5.32 Å². The molecule has 2 rings (SSSR count). The van der Waals surface area contributed by atoms with Crippen LogP contribution in [0.1, 0.15) is 11.6 Å². The molecule has 1 saturated heterocycles. The monoisotopic (exact) mass is 199 g/mol. The van der Waals surface area contributed by atoms with Crippen molar-refractivity contribution in [3.8, 4) is 0 Å². The van der Waals surface area contributed by atoms with E-state index in [9.17, 15) is 8.78 Å². The number of hydrogen-bond donors (Lipinski definition) is 1. The van der Waals surface area contributed by atoms with Crippen molar-refractivity contribution in [2.75, 3.05) is 19.8 Å². The van der Waals surface area contributed by atoms with E-state index in [0.29, 0.717) is 13.2 Å². The molecule has 1 aliphatic rings. The van der Waals surface area contributed by atoms with Gasteiger partial charge in [-0.25, -0.2) is 8.78 Å². The fourth-order valence-electron chi connectivity index (χ4n) is 1.51. The first-order chi connectivity index (χ1) is 6.77. The zero-order valence-corrected chi connectivity index (χ0v) is 7.59. The van der Waals surface area contributed by atoms with E-state index >= 15 is 0 Å². The Bertz CT molecular complexity index is 324. The van der Waals surface area contributed by atoms with Crippen molar-refractivity contribution < 1.29 is 13.5 Å². The molecule has 0 bridgehead atoms. The first-order valence-corrected chi connectivity index (χ1v) is 4.53. The summed E-state index contributed by atoms with van der Waals surface area (Å²) in [7, 11) is 0. The fraction of sp³-hybridized carbons (Fsp3) is 0.400. The molecule has 0 saturated carbocycles. The molecule has 1 aliphatic heterocycles. The molecule has 0 radical (unpaired) electrons. The Labute approximate surface area is 80.9 Å². The van der Waals surface area contributed by atoms with E-state index in [-0.39, 0.29) is 6.04 Å². The van der Waals surface area contributed by atoms with Crippen LogP contribution in [0.4, 0.5) is 8.78 Å². The van der Waals surface area contributed by atoms with Gasteiger partial charge in [-0.3, -0.25) is 0 Å². The molecule has 14 heavy (non-hydrogen) atoms. The highest BCUT2D eigenvalue weighted by Crippen LogP contribution is 2.18. The van der Waals surface area contributed by atoms with Crippen LogP contribution in [-0.2, 0) is 4.74 Å². The molecule has 1 heterocycles. The zero-order chi connectivity index (χ0) is 9.97. The molecule has 4 heteroatoms. The van der Waals surface area contributed by atoms with E-state index in [0.717, 1.165) is 18.2 Å². The average Bonchev–Trinajstić information content (AvgIpc) is 2.23. The molecule has 0 unspecified atom stereocenters. The first-order valence-electron chi connectivity index (χ1n) is 4.53. The topological polar surface area (TPSA) is 21.3 Å². The maximum Gasteiger partial charge on any atom is 0.159 e. The summed E-state index contributed by atoms with van der Waals surface area (Å²) in [6.45, 7) is 1.91. The minimum absolute atomic E-state index is 0.0288. The molecule has 2 nitrogen and oxygen atoms in total. The molecule has 1 N–H and O–H groups in total. The van der Waals surface area contributed by atoms with Crippen LogP contribution in [0.15, 0.2) is 18.2 Å². The normalized spacial score (nSPS) is 22.3. The summed E-state index contributed by atoms with van der Waals surface area (Å²) >= 11 is 0. The van der Waals surface area contributed by atoms with Crippen LogP contribution in [0.3, 0.4) is 0 Å². The number of ether oxygens (including phenoxy) is 1. The minimum Gasteiger partial charge on any atom is -0.378 e. The maximum atomic E-state index is 12.9. The highest BCUT2D eigenvalue weighted by atomic mass is 19.2. The Morgan fingerprint density at radius 1 is 1.29 bits per heavy atom. The van der Waals surface area contributed by atoms with Crippen molar-refractivity contribution in [2.24, 2.45) is 0 Å². The van der Waals surface area contributed by atoms with Crippen molar-refractivity contribution in [3.05, 3.63) is 35.4 Å². The van der Waals surface area contributed by atoms with Gasteiger partial charge in [0.25, 0.3) is 0 Å². The molecule has 0 aromatic heterocycles. The van der Waals surface area contributed by atoms with Gasteiger partial charge in [-0.1, -0.05) is 6.07 Å². The van der Waals surface area contributed by atoms with Gasteiger partial charge >= 0.3 is 0 Å². The molecule has 1 fully saturated rings. The summed E-state index contributed by atoms with van der Waals surface area (Å²) in [5.41, 5.74) is 0.726. The van der Waals surface area contributed by atoms with Gasteiger partial charge in [-0.2, -0.15) is 0 Å². The highest BCUT2D eigenvalue weighted by Gasteiger charge is 2.16. The summed E-state index contributed by atoms with van der Waals surface area (Å²) in [5.74, 6) is -1.62. The predicted octanol–water partition coefficient (Wildman–Crippen LogP) is 1.63. The van der Waals surface area contributed by atoms with E-state index < -0.39 is 11.6 Å². The molecule has 1 atom stereocenters. The number of nitrogens with one attached hydrogen (secondary N) is 1. The van der Waals surface area contributed by atoms with Crippen molar-refractivity contribution in [1.29, 1.82) is 0 Å². The summed E-state index contributed by atoms with van der Waals surface area (Å²) in [6.07, 6.45) is 0. The SMILES string of the molecule is Fc1ccc([C@@H]2COCCN2)cc1F. The van der Waals surface area contributed by atoms with Crippen molar-refractivity contribution in [2.45, 2.75) is 6.04 Å². The minimum atomic E-state index is -0.814. The third-order valence-corrected chi connectivity index (χ3v) is 2.27. The van der Waals surface area contributed by atoms with Gasteiger partial charge in [0.05, 0.1) is 19.3 Å². The van der Waals surface area contributed by atoms with Gasteiger partial charge in [0.15, 0.2) is 11.6 Å². The third-order valence-electron chi connectivity index (χ3n) is 2.27. The smallest absolute Gasteiger partial charge is 0.159 e. The Kier molecular flexibility index (Phi) is 2.74. The second-order valence-electron chi connectivity index (χ2n) is 3.26. The summed E-state index contributed by atoms with van der Waals surface area (Å²) < 4.78 is 30.8. The maximum absolute atomic E-state index is 12.9. The Hall–Kier alpha value is -1.00. The van der Waals surface area contributed by atoms with Crippen LogP contribution in [0, 0.1) is 11.6 Å². The van der Waals surface area contributed by atoms with E-state index in [4.69, 9.17) is 4.74 Å². The Morgan fingerprint density at radius 2 is 2.14 bits per heavy atom. The lowest BCUT2D eigenvalue weighted by atomic mass is 10.1. The molecule has 0 aliphatic carbocycles. The van der Waals surface area contributed by atoms with Crippen LogP contribution in [0.25, 0.3) is 0 Å². The predicted molar refractivity (Wildman–Crippen MR) is 47.9 cm³/mol. The van der Waals surface area contributed by atoms with Gasteiger partial charge in [0.1, 0.15) is 0 Å². The second-order valence-corrected chi connectivity index (χ2v) is 3.26. The number of hydrogen-bond acceptors (Lipinski definition) is 2. The van der Waals surface area contributed by atoms with Crippen LogP contribution in [0.5, 0.6) is 0 Å². The number of morpholine rings is 1. The molecule has 1 aromatic carbocycles. The third kappa shape index (κ3) is 1.91. The van der Waals surface area contributed by atoms with E-state index in [1.165, 1.54) is 6.07 Å². The second kappa shape index (κ2) is 4.02. The quantitative estimate of drug-likeness (QED) is 0.742. The van der Waals surface area contributed by atoms with E-state index in [1.54, 1.807) is 6.07 Å². The number of rotatable bonds is 1. The standard InChI is InChI=1S/C10H11F2NO/c11-8-2-1-7(5-9(8)12)10-6-14-4-3-13-10/h1-2,5,10,13H,3-4,6H2/t10-/m0/s1.